The fraction of sp³-hybridized carbons (Fsp3) is 0.600. The zero-order chi connectivity index (χ0) is 20.1. The minimum absolute atomic E-state index is 0.106. The van der Waals surface area contributed by atoms with Crippen molar-refractivity contribution in [1.82, 2.24) is 15.1 Å². The van der Waals surface area contributed by atoms with E-state index >= 15 is 0 Å². The molecule has 0 atom stereocenters. The van der Waals surface area contributed by atoms with Crippen molar-refractivity contribution in [3.63, 3.8) is 0 Å². The van der Waals surface area contributed by atoms with E-state index in [4.69, 9.17) is 9.47 Å². The first kappa shape index (κ1) is 22.6. The molecule has 0 spiro atoms. The Morgan fingerprint density at radius 3 is 2.52 bits per heavy atom. The van der Waals surface area contributed by atoms with Crippen LogP contribution in [-0.2, 0) is 4.79 Å². The van der Waals surface area contributed by atoms with Crippen molar-refractivity contribution in [1.29, 1.82) is 0 Å². The number of rotatable bonds is 11. The van der Waals surface area contributed by atoms with Crippen LogP contribution in [0.5, 0.6) is 11.5 Å². The SMILES string of the molecule is CCNC(=NCCCOc1cccc(OC)c1)N(C)CC(=O)N(CC)CC. The highest BCUT2D eigenvalue weighted by Gasteiger charge is 2.14. The first-order valence-corrected chi connectivity index (χ1v) is 9.59. The summed E-state index contributed by atoms with van der Waals surface area (Å²) < 4.78 is 10.9. The number of benzene rings is 1. The molecule has 0 saturated carbocycles. The smallest absolute Gasteiger partial charge is 0.242 e. The van der Waals surface area contributed by atoms with Crippen LogP contribution in [0.15, 0.2) is 29.3 Å². The van der Waals surface area contributed by atoms with E-state index in [1.54, 1.807) is 7.11 Å². The van der Waals surface area contributed by atoms with Gasteiger partial charge in [0.1, 0.15) is 11.5 Å². The molecular weight excluding hydrogens is 344 g/mol. The number of hydrogen-bond donors (Lipinski definition) is 1. The third-order valence-corrected chi connectivity index (χ3v) is 4.06. The van der Waals surface area contributed by atoms with Gasteiger partial charge in [-0.15, -0.1) is 0 Å². The van der Waals surface area contributed by atoms with Crippen LogP contribution in [-0.4, -0.2) is 75.2 Å². The van der Waals surface area contributed by atoms with Gasteiger partial charge >= 0.3 is 0 Å². The lowest BCUT2D eigenvalue weighted by Crippen LogP contribution is -2.45. The van der Waals surface area contributed by atoms with E-state index in [-0.39, 0.29) is 5.91 Å². The summed E-state index contributed by atoms with van der Waals surface area (Å²) in [5, 5.41) is 3.23. The van der Waals surface area contributed by atoms with Crippen molar-refractivity contribution in [3.05, 3.63) is 24.3 Å². The maximum atomic E-state index is 12.3. The first-order chi connectivity index (χ1) is 13.0. The second-order valence-corrected chi connectivity index (χ2v) is 6.04. The van der Waals surface area contributed by atoms with E-state index < -0.39 is 0 Å². The molecule has 27 heavy (non-hydrogen) atoms. The molecule has 0 fully saturated rings. The van der Waals surface area contributed by atoms with E-state index in [0.29, 0.717) is 19.7 Å². The largest absolute Gasteiger partial charge is 0.497 e. The summed E-state index contributed by atoms with van der Waals surface area (Å²) in [6.07, 6.45) is 0.782. The number of amides is 1. The van der Waals surface area contributed by atoms with Crippen molar-refractivity contribution in [2.75, 3.05) is 53.5 Å². The highest BCUT2D eigenvalue weighted by molar-refractivity contribution is 5.86. The van der Waals surface area contributed by atoms with Gasteiger partial charge < -0.3 is 24.6 Å². The molecule has 0 aliphatic heterocycles. The van der Waals surface area contributed by atoms with E-state index in [9.17, 15) is 4.79 Å². The molecule has 0 unspecified atom stereocenters. The molecule has 0 radical (unpaired) electrons. The van der Waals surface area contributed by atoms with Gasteiger partial charge in [0.05, 0.1) is 20.3 Å². The summed E-state index contributed by atoms with van der Waals surface area (Å²) in [6.45, 7) is 9.69. The molecule has 0 saturated heterocycles. The summed E-state index contributed by atoms with van der Waals surface area (Å²) in [7, 11) is 3.52. The Hall–Kier alpha value is -2.44. The number of carbonyl (C=O) groups excluding carboxylic acids is 1. The molecule has 152 valence electrons. The molecule has 0 bridgehead atoms. The molecule has 1 aromatic carbocycles. The number of aliphatic imine (C=N–C) groups is 1. The molecule has 1 amide bonds. The van der Waals surface area contributed by atoms with Gasteiger partial charge in [0, 0.05) is 45.7 Å². The first-order valence-electron chi connectivity index (χ1n) is 9.59. The van der Waals surface area contributed by atoms with Crippen LogP contribution in [0, 0.1) is 0 Å². The van der Waals surface area contributed by atoms with Crippen molar-refractivity contribution in [2.24, 2.45) is 4.99 Å². The summed E-state index contributed by atoms with van der Waals surface area (Å²) in [4.78, 5) is 20.6. The average Bonchev–Trinajstić information content (AvgIpc) is 2.67. The quantitative estimate of drug-likeness (QED) is 0.363. The van der Waals surface area contributed by atoms with E-state index in [1.807, 2.05) is 61.9 Å². The maximum Gasteiger partial charge on any atom is 0.242 e. The van der Waals surface area contributed by atoms with Crippen LogP contribution in [0.4, 0.5) is 0 Å². The molecule has 0 aromatic heterocycles. The van der Waals surface area contributed by atoms with Crippen LogP contribution in [0.1, 0.15) is 27.2 Å². The second kappa shape index (κ2) is 12.8. The Morgan fingerprint density at radius 1 is 1.19 bits per heavy atom. The Morgan fingerprint density at radius 2 is 1.89 bits per heavy atom. The number of methoxy groups -OCH3 is 1. The molecule has 0 aliphatic rings. The zero-order valence-electron chi connectivity index (χ0n) is 17.3. The summed E-state index contributed by atoms with van der Waals surface area (Å²) in [5.41, 5.74) is 0. The zero-order valence-corrected chi connectivity index (χ0v) is 17.3. The maximum absolute atomic E-state index is 12.3. The second-order valence-electron chi connectivity index (χ2n) is 6.04. The predicted octanol–water partition coefficient (Wildman–Crippen LogP) is 2.23. The fourth-order valence-corrected chi connectivity index (χ4v) is 2.55. The van der Waals surface area contributed by atoms with Crippen LogP contribution in [0.25, 0.3) is 0 Å². The van der Waals surface area contributed by atoms with Crippen molar-refractivity contribution in [2.45, 2.75) is 27.2 Å². The molecule has 0 heterocycles. The Bertz CT molecular complexity index is 588. The van der Waals surface area contributed by atoms with Gasteiger partial charge in [-0.2, -0.15) is 0 Å². The van der Waals surface area contributed by atoms with E-state index in [1.165, 1.54) is 0 Å². The standard InChI is InChI=1S/C20H34N4O3/c1-6-21-20(23(4)16-19(25)24(7-2)8-3)22-13-10-14-27-18-12-9-11-17(15-18)26-5/h9,11-12,15H,6-8,10,13-14,16H2,1-5H3,(H,21,22). The Balaban J connectivity index is 2.48. The molecule has 1 aromatic rings. The van der Waals surface area contributed by atoms with Crippen molar-refractivity contribution < 1.29 is 14.3 Å². The normalized spacial score (nSPS) is 11.1. The van der Waals surface area contributed by atoms with Gasteiger partial charge in [-0.25, -0.2) is 0 Å². The summed E-state index contributed by atoms with van der Waals surface area (Å²) in [5.74, 6) is 2.40. The lowest BCUT2D eigenvalue weighted by molar-refractivity contribution is -0.131. The van der Waals surface area contributed by atoms with Crippen LogP contribution >= 0.6 is 0 Å². The topological polar surface area (TPSA) is 66.4 Å². The molecular formula is C20H34N4O3. The fourth-order valence-electron chi connectivity index (χ4n) is 2.55. The molecule has 7 heteroatoms. The number of hydrogen-bond acceptors (Lipinski definition) is 4. The molecule has 0 aliphatic carbocycles. The van der Waals surface area contributed by atoms with Crippen LogP contribution in [0.2, 0.25) is 0 Å². The number of nitrogens with zero attached hydrogens (tertiary/aromatic N) is 3. The van der Waals surface area contributed by atoms with Crippen LogP contribution in [0.3, 0.4) is 0 Å². The summed E-state index contributed by atoms with van der Waals surface area (Å²) >= 11 is 0. The van der Waals surface area contributed by atoms with Crippen LogP contribution < -0.4 is 14.8 Å². The molecule has 1 N–H and O–H groups in total. The predicted molar refractivity (Wildman–Crippen MR) is 110 cm³/mol. The van der Waals surface area contributed by atoms with E-state index in [0.717, 1.165) is 43.5 Å². The van der Waals surface area contributed by atoms with Gasteiger partial charge in [0.15, 0.2) is 5.96 Å². The number of guanidine groups is 1. The highest BCUT2D eigenvalue weighted by atomic mass is 16.5. The minimum Gasteiger partial charge on any atom is -0.497 e. The Kier molecular flexibility index (Phi) is 10.7. The third-order valence-electron chi connectivity index (χ3n) is 4.06. The number of carbonyl (C=O) groups is 1. The van der Waals surface area contributed by atoms with Gasteiger partial charge in [0.2, 0.25) is 5.91 Å². The summed E-state index contributed by atoms with van der Waals surface area (Å²) in [6, 6.07) is 7.55. The highest BCUT2D eigenvalue weighted by Crippen LogP contribution is 2.18. The Labute approximate surface area is 163 Å². The molecule has 7 nitrogen and oxygen atoms in total. The van der Waals surface area contributed by atoms with E-state index in [2.05, 4.69) is 10.3 Å². The number of nitrogens with one attached hydrogen (secondary N) is 1. The van der Waals surface area contributed by atoms with Gasteiger partial charge in [0.25, 0.3) is 0 Å². The van der Waals surface area contributed by atoms with Gasteiger partial charge in [-0.1, -0.05) is 6.07 Å². The van der Waals surface area contributed by atoms with Crippen molar-refractivity contribution in [3.8, 4) is 11.5 Å². The molecule has 1 rings (SSSR count). The average molecular weight is 379 g/mol. The van der Waals surface area contributed by atoms with Gasteiger partial charge in [-0.05, 0) is 32.9 Å². The van der Waals surface area contributed by atoms with Crippen molar-refractivity contribution >= 4 is 11.9 Å². The monoisotopic (exact) mass is 378 g/mol. The number of ether oxygens (including phenoxy) is 2. The lowest BCUT2D eigenvalue weighted by atomic mass is 10.3. The number of likely N-dealkylation sites (N-methyl/N-ethyl adjacent to an activating group) is 2. The lowest BCUT2D eigenvalue weighted by Gasteiger charge is -2.25. The third kappa shape index (κ3) is 8.19. The minimum atomic E-state index is 0.106. The van der Waals surface area contributed by atoms with Gasteiger partial charge in [-0.3, -0.25) is 9.79 Å².